The van der Waals surface area contributed by atoms with Crippen LogP contribution in [0.2, 0.25) is 0 Å². The van der Waals surface area contributed by atoms with Crippen molar-refractivity contribution in [2.75, 3.05) is 16.8 Å². The highest BCUT2D eigenvalue weighted by molar-refractivity contribution is 7.97. The summed E-state index contributed by atoms with van der Waals surface area (Å²) in [5.74, 6) is 1.81. The van der Waals surface area contributed by atoms with E-state index in [0.717, 1.165) is 48.0 Å². The molecular formula is C31H43N7OS. The number of nitrogens with zero attached hydrogens (tertiary/aromatic N) is 4. The Morgan fingerprint density at radius 2 is 1.98 bits per heavy atom. The summed E-state index contributed by atoms with van der Waals surface area (Å²) < 4.78 is 3.01. The zero-order chi connectivity index (χ0) is 29.1. The molecule has 1 amide bonds. The van der Waals surface area contributed by atoms with Crippen molar-refractivity contribution in [3.05, 3.63) is 71.2 Å². The molecule has 3 aromatic heterocycles. The van der Waals surface area contributed by atoms with E-state index in [4.69, 9.17) is 15.7 Å². The molecule has 9 heteroatoms. The van der Waals surface area contributed by atoms with Crippen LogP contribution in [-0.4, -0.2) is 32.9 Å². The van der Waals surface area contributed by atoms with Crippen LogP contribution in [0.25, 0.3) is 0 Å². The lowest BCUT2D eigenvalue weighted by molar-refractivity contribution is 0.0984. The molecule has 0 aromatic carbocycles. The van der Waals surface area contributed by atoms with Crippen LogP contribution in [0.15, 0.2) is 53.7 Å². The first-order valence-electron chi connectivity index (χ1n) is 14.1. The monoisotopic (exact) mass is 561 g/mol. The summed E-state index contributed by atoms with van der Waals surface area (Å²) in [6.07, 6.45) is 3.68. The molecule has 40 heavy (non-hydrogen) atoms. The summed E-state index contributed by atoms with van der Waals surface area (Å²) in [7, 11) is 0. The molecule has 1 fully saturated rings. The summed E-state index contributed by atoms with van der Waals surface area (Å²) in [5.41, 5.74) is 9.13. The smallest absolute Gasteiger partial charge is 0.265 e. The second-order valence-electron chi connectivity index (χ2n) is 12.3. The number of hydrogen-bond acceptors (Lipinski definition) is 8. The maximum absolute atomic E-state index is 13.5. The first-order chi connectivity index (χ1) is 18.9. The van der Waals surface area contributed by atoms with E-state index in [-0.39, 0.29) is 22.9 Å². The average Bonchev–Trinajstić information content (AvgIpc) is 3.21. The first-order valence-corrected chi connectivity index (χ1v) is 14.9. The number of carbonyl (C=O) groups is 1. The SMILES string of the molecule is CCC(Nc1cccc(SNC(=O)c2ccc(C(C)(C)C)nc2N2CC(C)CC2(C)C)n1)c1cc(CN)ccn1. The van der Waals surface area contributed by atoms with Crippen molar-refractivity contribution in [2.24, 2.45) is 11.7 Å². The molecule has 0 saturated carbocycles. The molecule has 4 heterocycles. The zero-order valence-electron chi connectivity index (χ0n) is 24.8. The largest absolute Gasteiger partial charge is 0.362 e. The van der Waals surface area contributed by atoms with Crippen LogP contribution in [0.3, 0.4) is 0 Å². The van der Waals surface area contributed by atoms with Crippen LogP contribution in [0.5, 0.6) is 0 Å². The molecule has 0 radical (unpaired) electrons. The van der Waals surface area contributed by atoms with Crippen molar-refractivity contribution in [3.63, 3.8) is 0 Å². The van der Waals surface area contributed by atoms with Gasteiger partial charge in [0.15, 0.2) is 0 Å². The summed E-state index contributed by atoms with van der Waals surface area (Å²) in [5, 5.41) is 4.17. The first kappa shape index (κ1) is 29.8. The number of aromatic nitrogens is 3. The van der Waals surface area contributed by atoms with Gasteiger partial charge in [0, 0.05) is 47.9 Å². The van der Waals surface area contributed by atoms with E-state index < -0.39 is 0 Å². The Morgan fingerprint density at radius 1 is 1.20 bits per heavy atom. The quantitative estimate of drug-likeness (QED) is 0.263. The van der Waals surface area contributed by atoms with E-state index in [9.17, 15) is 4.79 Å². The molecule has 2 unspecified atom stereocenters. The summed E-state index contributed by atoms with van der Waals surface area (Å²) >= 11 is 1.21. The lowest BCUT2D eigenvalue weighted by Crippen LogP contribution is -2.40. The van der Waals surface area contributed by atoms with E-state index in [1.54, 1.807) is 6.20 Å². The number of nitrogens with two attached hydrogens (primary N) is 1. The Hall–Kier alpha value is -3.17. The molecule has 4 rings (SSSR count). The number of anilines is 2. The molecule has 1 aliphatic heterocycles. The van der Waals surface area contributed by atoms with Gasteiger partial charge in [-0.25, -0.2) is 9.97 Å². The van der Waals surface area contributed by atoms with E-state index >= 15 is 0 Å². The fourth-order valence-corrected chi connectivity index (χ4v) is 5.89. The Bertz CT molecular complexity index is 1340. The Kier molecular flexibility index (Phi) is 9.05. The molecule has 8 nitrogen and oxygen atoms in total. The highest BCUT2D eigenvalue weighted by atomic mass is 32.2. The lowest BCUT2D eigenvalue weighted by atomic mass is 9.91. The van der Waals surface area contributed by atoms with E-state index in [2.05, 4.69) is 68.4 Å². The molecule has 0 spiro atoms. The van der Waals surface area contributed by atoms with Crippen LogP contribution in [0.1, 0.15) is 94.7 Å². The van der Waals surface area contributed by atoms with Gasteiger partial charge in [0.2, 0.25) is 0 Å². The molecule has 214 valence electrons. The lowest BCUT2D eigenvalue weighted by Gasteiger charge is -2.34. The number of nitrogens with one attached hydrogen (secondary N) is 2. The Balaban J connectivity index is 1.52. The molecule has 3 aromatic rings. The number of amides is 1. The Labute approximate surface area is 243 Å². The van der Waals surface area contributed by atoms with Gasteiger partial charge in [0.05, 0.1) is 17.3 Å². The van der Waals surface area contributed by atoms with E-state index in [1.165, 1.54) is 11.9 Å². The summed E-state index contributed by atoms with van der Waals surface area (Å²) in [6, 6.07) is 13.6. The number of pyridine rings is 3. The van der Waals surface area contributed by atoms with Gasteiger partial charge in [-0.2, -0.15) is 0 Å². The molecule has 2 atom stereocenters. The zero-order valence-corrected chi connectivity index (χ0v) is 25.6. The van der Waals surface area contributed by atoms with Crippen molar-refractivity contribution in [1.29, 1.82) is 0 Å². The number of hydrogen-bond donors (Lipinski definition) is 3. The van der Waals surface area contributed by atoms with Gasteiger partial charge in [-0.15, -0.1) is 0 Å². The minimum Gasteiger partial charge on any atom is -0.362 e. The van der Waals surface area contributed by atoms with Crippen LogP contribution in [-0.2, 0) is 12.0 Å². The van der Waals surface area contributed by atoms with Gasteiger partial charge < -0.3 is 16.0 Å². The van der Waals surface area contributed by atoms with Gasteiger partial charge in [-0.1, -0.05) is 40.7 Å². The fourth-order valence-electron chi connectivity index (χ4n) is 5.29. The van der Waals surface area contributed by atoms with E-state index in [0.29, 0.717) is 23.1 Å². The van der Waals surface area contributed by atoms with Crippen LogP contribution < -0.4 is 20.7 Å². The Morgan fingerprint density at radius 3 is 2.62 bits per heavy atom. The predicted octanol–water partition coefficient (Wildman–Crippen LogP) is 6.25. The van der Waals surface area contributed by atoms with Crippen molar-refractivity contribution in [1.82, 2.24) is 19.7 Å². The fraction of sp³-hybridized carbons (Fsp3) is 0.484. The van der Waals surface area contributed by atoms with Gasteiger partial charge in [0.25, 0.3) is 5.91 Å². The van der Waals surface area contributed by atoms with Gasteiger partial charge in [-0.05, 0) is 74.6 Å². The van der Waals surface area contributed by atoms with E-state index in [1.807, 2.05) is 42.5 Å². The maximum Gasteiger partial charge on any atom is 0.265 e. The summed E-state index contributed by atoms with van der Waals surface area (Å²) in [4.78, 5) is 30.1. The second kappa shape index (κ2) is 12.1. The van der Waals surface area contributed by atoms with Gasteiger partial charge in [-0.3, -0.25) is 14.5 Å². The molecular weight excluding hydrogens is 518 g/mol. The topological polar surface area (TPSA) is 109 Å². The normalized spacial score (nSPS) is 17.5. The van der Waals surface area contributed by atoms with Crippen LogP contribution in [0, 0.1) is 5.92 Å². The van der Waals surface area contributed by atoms with Gasteiger partial charge >= 0.3 is 0 Å². The third kappa shape index (κ3) is 6.93. The standard InChI is InChI=1S/C31H43N7OS/c1-8-23(24-16-21(18-32)14-15-33-24)34-26-10-9-11-27(36-26)40-37-29(39)22-12-13-25(30(3,4)5)35-28(22)38-19-20(2)17-31(38,6)7/h9-16,20,23H,8,17-19,32H2,1-7H3,(H,34,36)(H,37,39). The third-order valence-electron chi connectivity index (χ3n) is 7.36. The van der Waals surface area contributed by atoms with Crippen molar-refractivity contribution < 1.29 is 4.79 Å². The highest BCUT2D eigenvalue weighted by Crippen LogP contribution is 2.38. The van der Waals surface area contributed by atoms with Crippen molar-refractivity contribution in [3.8, 4) is 0 Å². The summed E-state index contributed by atoms with van der Waals surface area (Å²) in [6.45, 7) is 16.6. The van der Waals surface area contributed by atoms with Gasteiger partial charge in [0.1, 0.15) is 16.7 Å². The molecule has 4 N–H and O–H groups in total. The minimum atomic E-state index is -0.183. The van der Waals surface area contributed by atoms with Crippen molar-refractivity contribution >= 4 is 29.5 Å². The highest BCUT2D eigenvalue weighted by Gasteiger charge is 2.39. The molecule has 0 bridgehead atoms. The second-order valence-corrected chi connectivity index (χ2v) is 13.2. The third-order valence-corrected chi connectivity index (χ3v) is 8.08. The van der Waals surface area contributed by atoms with Crippen molar-refractivity contribution in [2.45, 2.75) is 89.9 Å². The number of carbonyl (C=O) groups excluding carboxylic acids is 1. The molecule has 1 aliphatic rings. The van der Waals surface area contributed by atoms with Crippen LogP contribution >= 0.6 is 11.9 Å². The molecule has 0 aliphatic carbocycles. The minimum absolute atomic E-state index is 0.00462. The maximum atomic E-state index is 13.5. The molecule has 1 saturated heterocycles. The number of rotatable bonds is 9. The van der Waals surface area contributed by atoms with Crippen LogP contribution in [0.4, 0.5) is 11.6 Å². The average molecular weight is 562 g/mol. The predicted molar refractivity (Wildman–Crippen MR) is 164 cm³/mol.